The highest BCUT2D eigenvalue weighted by Crippen LogP contribution is 2.15. The molecule has 0 aliphatic carbocycles. The molecule has 1 heterocycles. The van der Waals surface area contributed by atoms with E-state index in [1.54, 1.807) is 11.9 Å². The Kier molecular flexibility index (Phi) is 5.23. The van der Waals surface area contributed by atoms with Crippen LogP contribution in [0.15, 0.2) is 0 Å². The summed E-state index contributed by atoms with van der Waals surface area (Å²) >= 11 is 0. The van der Waals surface area contributed by atoms with Gasteiger partial charge in [-0.15, -0.1) is 0 Å². The van der Waals surface area contributed by atoms with Crippen LogP contribution in [-0.4, -0.2) is 55.0 Å². The molecule has 0 spiro atoms. The highest BCUT2D eigenvalue weighted by atomic mass is 16.2. The highest BCUT2D eigenvalue weighted by molar-refractivity contribution is 5.78. The first-order valence-electron chi connectivity index (χ1n) is 5.74. The van der Waals surface area contributed by atoms with Gasteiger partial charge in [0.1, 0.15) is 0 Å². The number of nitrogens with two attached hydrogens (primary N) is 1. The Labute approximate surface area is 96.8 Å². The molecule has 5 heteroatoms. The van der Waals surface area contributed by atoms with Crippen LogP contribution in [0.2, 0.25) is 0 Å². The molecule has 0 aromatic rings. The molecule has 2 N–H and O–H groups in total. The minimum absolute atomic E-state index is 0.0793. The maximum atomic E-state index is 11.8. The van der Waals surface area contributed by atoms with Crippen LogP contribution in [0.1, 0.15) is 19.3 Å². The third kappa shape index (κ3) is 3.47. The summed E-state index contributed by atoms with van der Waals surface area (Å²) in [7, 11) is 1.74. The number of carbonyl (C=O) groups excluding carboxylic acids is 1. The molecule has 1 amide bonds. The van der Waals surface area contributed by atoms with Gasteiger partial charge in [-0.25, -0.2) is 0 Å². The lowest BCUT2D eigenvalue weighted by atomic mass is 10.2. The summed E-state index contributed by atoms with van der Waals surface area (Å²) in [5.74, 6) is 0.0793. The lowest BCUT2D eigenvalue weighted by molar-refractivity contribution is -0.131. The Bertz CT molecular complexity index is 274. The van der Waals surface area contributed by atoms with Crippen LogP contribution < -0.4 is 5.73 Å². The molecule has 1 fully saturated rings. The van der Waals surface area contributed by atoms with Crippen molar-refractivity contribution in [3.05, 3.63) is 0 Å². The van der Waals surface area contributed by atoms with Crippen LogP contribution in [0.3, 0.4) is 0 Å². The maximum absolute atomic E-state index is 11.8. The SMILES string of the molecule is CN(CCC#N)C(=O)CN1CCCC1CN. The summed E-state index contributed by atoms with van der Waals surface area (Å²) in [5.41, 5.74) is 5.65. The van der Waals surface area contributed by atoms with Gasteiger partial charge in [0.25, 0.3) is 0 Å². The zero-order chi connectivity index (χ0) is 12.0. The van der Waals surface area contributed by atoms with Gasteiger partial charge < -0.3 is 10.6 Å². The molecule has 1 aliphatic rings. The largest absolute Gasteiger partial charge is 0.344 e. The Morgan fingerprint density at radius 1 is 1.69 bits per heavy atom. The molecule has 90 valence electrons. The molecule has 16 heavy (non-hydrogen) atoms. The first kappa shape index (κ1) is 12.9. The molecular weight excluding hydrogens is 204 g/mol. The second kappa shape index (κ2) is 6.46. The van der Waals surface area contributed by atoms with Crippen molar-refractivity contribution in [2.45, 2.75) is 25.3 Å². The Hall–Kier alpha value is -1.12. The molecule has 0 aromatic carbocycles. The number of nitriles is 1. The molecular formula is C11H20N4O. The van der Waals surface area contributed by atoms with Gasteiger partial charge in [-0.1, -0.05) is 0 Å². The van der Waals surface area contributed by atoms with E-state index in [1.807, 2.05) is 6.07 Å². The van der Waals surface area contributed by atoms with Gasteiger partial charge in [0.05, 0.1) is 19.0 Å². The smallest absolute Gasteiger partial charge is 0.236 e. The predicted octanol–water partition coefficient (Wildman–Crippen LogP) is -0.218. The summed E-state index contributed by atoms with van der Waals surface area (Å²) in [6.45, 7) is 2.52. The average Bonchev–Trinajstić information content (AvgIpc) is 2.72. The van der Waals surface area contributed by atoms with Crippen molar-refractivity contribution in [1.82, 2.24) is 9.80 Å². The van der Waals surface area contributed by atoms with Gasteiger partial charge in [-0.2, -0.15) is 5.26 Å². The molecule has 1 saturated heterocycles. The summed E-state index contributed by atoms with van der Waals surface area (Å²) < 4.78 is 0. The van der Waals surface area contributed by atoms with Gasteiger partial charge in [-0.05, 0) is 19.4 Å². The Balaban J connectivity index is 2.35. The van der Waals surface area contributed by atoms with E-state index in [1.165, 1.54) is 0 Å². The second-order valence-corrected chi connectivity index (χ2v) is 4.23. The van der Waals surface area contributed by atoms with Crippen LogP contribution in [0.5, 0.6) is 0 Å². The van der Waals surface area contributed by atoms with Crippen LogP contribution >= 0.6 is 0 Å². The van der Waals surface area contributed by atoms with Gasteiger partial charge >= 0.3 is 0 Å². The van der Waals surface area contributed by atoms with Crippen molar-refractivity contribution in [3.63, 3.8) is 0 Å². The fourth-order valence-electron chi connectivity index (χ4n) is 2.01. The first-order chi connectivity index (χ1) is 7.69. The quantitative estimate of drug-likeness (QED) is 0.701. The molecule has 5 nitrogen and oxygen atoms in total. The van der Waals surface area contributed by atoms with Crippen molar-refractivity contribution in [3.8, 4) is 6.07 Å². The van der Waals surface area contributed by atoms with Crippen LogP contribution in [0.25, 0.3) is 0 Å². The average molecular weight is 224 g/mol. The predicted molar refractivity (Wildman–Crippen MR) is 61.5 cm³/mol. The minimum atomic E-state index is 0.0793. The third-order valence-corrected chi connectivity index (χ3v) is 3.09. The highest BCUT2D eigenvalue weighted by Gasteiger charge is 2.25. The van der Waals surface area contributed by atoms with E-state index >= 15 is 0 Å². The normalized spacial score (nSPS) is 20.7. The summed E-state index contributed by atoms with van der Waals surface area (Å²) in [6.07, 6.45) is 2.60. The molecule has 1 rings (SSSR count). The van der Waals surface area contributed by atoms with Gasteiger partial charge in [0, 0.05) is 26.2 Å². The molecule has 0 saturated carbocycles. The van der Waals surface area contributed by atoms with E-state index in [0.717, 1.165) is 19.4 Å². The first-order valence-corrected chi connectivity index (χ1v) is 5.74. The van der Waals surface area contributed by atoms with Gasteiger partial charge in [-0.3, -0.25) is 9.69 Å². The number of likely N-dealkylation sites (tertiary alicyclic amines) is 1. The molecule has 0 aromatic heterocycles. The number of carbonyl (C=O) groups is 1. The standard InChI is InChI=1S/C11H20N4O/c1-14(6-3-5-12)11(16)9-15-7-2-4-10(15)8-13/h10H,2-4,6-9,13H2,1H3. The lowest BCUT2D eigenvalue weighted by Gasteiger charge is -2.25. The summed E-state index contributed by atoms with van der Waals surface area (Å²) in [5, 5.41) is 8.45. The topological polar surface area (TPSA) is 73.4 Å². The van der Waals surface area contributed by atoms with Crippen LogP contribution in [0, 0.1) is 11.3 Å². The number of hydrogen-bond donors (Lipinski definition) is 1. The molecule has 0 radical (unpaired) electrons. The van der Waals surface area contributed by atoms with Crippen molar-refractivity contribution in [2.24, 2.45) is 5.73 Å². The number of hydrogen-bond acceptors (Lipinski definition) is 4. The third-order valence-electron chi connectivity index (χ3n) is 3.09. The van der Waals surface area contributed by atoms with Crippen LogP contribution in [-0.2, 0) is 4.79 Å². The summed E-state index contributed by atoms with van der Waals surface area (Å²) in [6, 6.07) is 2.39. The van der Waals surface area contributed by atoms with Crippen molar-refractivity contribution in [1.29, 1.82) is 5.26 Å². The van der Waals surface area contributed by atoms with E-state index in [0.29, 0.717) is 32.1 Å². The number of likely N-dealkylation sites (N-methyl/N-ethyl adjacent to an activating group) is 1. The molecule has 1 atom stereocenters. The molecule has 1 aliphatic heterocycles. The van der Waals surface area contributed by atoms with Crippen LogP contribution in [0.4, 0.5) is 0 Å². The number of nitrogens with zero attached hydrogens (tertiary/aromatic N) is 3. The zero-order valence-electron chi connectivity index (χ0n) is 9.85. The second-order valence-electron chi connectivity index (χ2n) is 4.23. The van der Waals surface area contributed by atoms with E-state index in [-0.39, 0.29) is 5.91 Å². The van der Waals surface area contributed by atoms with E-state index < -0.39 is 0 Å². The Morgan fingerprint density at radius 2 is 2.44 bits per heavy atom. The molecule has 0 bridgehead atoms. The fraction of sp³-hybridized carbons (Fsp3) is 0.818. The summed E-state index contributed by atoms with van der Waals surface area (Å²) in [4.78, 5) is 15.6. The number of amides is 1. The fourth-order valence-corrected chi connectivity index (χ4v) is 2.01. The minimum Gasteiger partial charge on any atom is -0.344 e. The van der Waals surface area contributed by atoms with Crippen molar-refractivity contribution in [2.75, 3.05) is 33.2 Å². The number of rotatable bonds is 5. The molecule has 1 unspecified atom stereocenters. The monoisotopic (exact) mass is 224 g/mol. The maximum Gasteiger partial charge on any atom is 0.236 e. The van der Waals surface area contributed by atoms with Crippen molar-refractivity contribution < 1.29 is 4.79 Å². The van der Waals surface area contributed by atoms with Gasteiger partial charge in [0.2, 0.25) is 5.91 Å². The van der Waals surface area contributed by atoms with Gasteiger partial charge in [0.15, 0.2) is 0 Å². The lowest BCUT2D eigenvalue weighted by Crippen LogP contribution is -2.43. The van der Waals surface area contributed by atoms with E-state index in [9.17, 15) is 4.79 Å². The van der Waals surface area contributed by atoms with Crippen molar-refractivity contribution >= 4 is 5.91 Å². The van der Waals surface area contributed by atoms with E-state index in [4.69, 9.17) is 11.0 Å². The zero-order valence-corrected chi connectivity index (χ0v) is 9.85. The van der Waals surface area contributed by atoms with E-state index in [2.05, 4.69) is 4.90 Å². The Morgan fingerprint density at radius 3 is 3.06 bits per heavy atom.